The average molecular weight is 224 g/mol. The minimum atomic E-state index is 0.149. The lowest BCUT2D eigenvalue weighted by Gasteiger charge is -2.11. The topological polar surface area (TPSA) is 34.5 Å². The van der Waals surface area contributed by atoms with Gasteiger partial charge >= 0.3 is 0 Å². The van der Waals surface area contributed by atoms with Crippen LogP contribution in [0.2, 0.25) is 0 Å². The van der Waals surface area contributed by atoms with Crippen LogP contribution in [0.4, 0.5) is 0 Å². The molecule has 0 amide bonds. The van der Waals surface area contributed by atoms with Gasteiger partial charge in [-0.15, -0.1) is 0 Å². The molecule has 0 N–H and O–H groups in total. The van der Waals surface area contributed by atoms with Crippen LogP contribution < -0.4 is 4.74 Å². The first kappa shape index (κ1) is 12.0. The van der Waals surface area contributed by atoms with E-state index in [0.29, 0.717) is 5.88 Å². The molecule has 1 heterocycles. The van der Waals surface area contributed by atoms with Gasteiger partial charge in [-0.3, -0.25) is 0 Å². The van der Waals surface area contributed by atoms with Gasteiger partial charge < -0.3 is 4.74 Å². The van der Waals surface area contributed by atoms with Gasteiger partial charge in [0.15, 0.2) is 0 Å². The normalized spacial score (nSPS) is 12.0. The molecule has 0 bridgehead atoms. The Morgan fingerprint density at radius 1 is 1.40 bits per heavy atom. The van der Waals surface area contributed by atoms with Crippen LogP contribution in [-0.2, 0) is 0 Å². The molecule has 0 atom stereocenters. The van der Waals surface area contributed by atoms with Crippen molar-refractivity contribution in [2.75, 3.05) is 7.11 Å². The second kappa shape index (κ2) is 5.16. The zero-order valence-electron chi connectivity index (χ0n) is 9.52. The van der Waals surface area contributed by atoms with E-state index in [-0.39, 0.29) is 4.75 Å². The Morgan fingerprint density at radius 3 is 2.60 bits per heavy atom. The predicted octanol–water partition coefficient (Wildman–Crippen LogP) is 2.96. The van der Waals surface area contributed by atoms with Gasteiger partial charge in [0.2, 0.25) is 5.88 Å². The van der Waals surface area contributed by atoms with E-state index in [1.165, 1.54) is 0 Å². The van der Waals surface area contributed by atoms with Crippen LogP contribution in [0.25, 0.3) is 0 Å². The fraction of sp³-hybridized carbons (Fsp3) is 0.455. The molecule has 1 rings (SSSR count). The van der Waals surface area contributed by atoms with Gasteiger partial charge in [0.05, 0.1) is 7.11 Å². The molecule has 0 radical (unpaired) electrons. The molecule has 0 aliphatic rings. The lowest BCUT2D eigenvalue weighted by atomic mass is 10.3. The number of aromatic nitrogens is 1. The molecule has 0 aliphatic carbocycles. The van der Waals surface area contributed by atoms with Crippen molar-refractivity contribution in [3.05, 3.63) is 23.9 Å². The standard InChI is InChI=1S/C11H16N2OS/c1-11(2,3)15-13-8-9-5-6-10(14-4)12-7-9/h5-8H,1-4H3. The maximum atomic E-state index is 4.97. The Hall–Kier alpha value is -1.03. The van der Waals surface area contributed by atoms with Crippen molar-refractivity contribution >= 4 is 18.2 Å². The molecule has 3 nitrogen and oxygen atoms in total. The molecule has 0 saturated carbocycles. The van der Waals surface area contributed by atoms with Gasteiger partial charge in [-0.25, -0.2) is 9.38 Å². The van der Waals surface area contributed by atoms with Crippen LogP contribution in [0.15, 0.2) is 22.7 Å². The van der Waals surface area contributed by atoms with Crippen LogP contribution in [0.1, 0.15) is 26.3 Å². The first-order chi connectivity index (χ1) is 7.01. The highest BCUT2D eigenvalue weighted by atomic mass is 32.2. The molecular weight excluding hydrogens is 208 g/mol. The first-order valence-electron chi connectivity index (χ1n) is 4.73. The van der Waals surface area contributed by atoms with Crippen LogP contribution >= 0.6 is 11.9 Å². The summed E-state index contributed by atoms with van der Waals surface area (Å²) in [5.74, 6) is 0.621. The number of pyridine rings is 1. The summed E-state index contributed by atoms with van der Waals surface area (Å²) < 4.78 is 9.40. The van der Waals surface area contributed by atoms with E-state index < -0.39 is 0 Å². The Labute approximate surface area is 95.1 Å². The minimum absolute atomic E-state index is 0.149. The molecule has 0 saturated heterocycles. The first-order valence-corrected chi connectivity index (χ1v) is 5.50. The lowest BCUT2D eigenvalue weighted by Crippen LogP contribution is -2.04. The predicted molar refractivity (Wildman–Crippen MR) is 65.7 cm³/mol. The highest BCUT2D eigenvalue weighted by molar-refractivity contribution is 7.99. The average Bonchev–Trinajstić information content (AvgIpc) is 2.17. The van der Waals surface area contributed by atoms with Crippen molar-refractivity contribution in [3.8, 4) is 5.88 Å². The fourth-order valence-corrected chi connectivity index (χ4v) is 1.32. The number of nitrogens with zero attached hydrogens (tertiary/aromatic N) is 2. The summed E-state index contributed by atoms with van der Waals surface area (Å²) in [4.78, 5) is 4.09. The van der Waals surface area contributed by atoms with Gasteiger partial charge in [0, 0.05) is 28.8 Å². The summed E-state index contributed by atoms with van der Waals surface area (Å²) in [6, 6.07) is 3.75. The van der Waals surface area contributed by atoms with E-state index in [9.17, 15) is 0 Å². The molecular formula is C11H16N2OS. The highest BCUT2D eigenvalue weighted by Crippen LogP contribution is 2.23. The molecule has 4 heteroatoms. The quantitative estimate of drug-likeness (QED) is 0.585. The number of methoxy groups -OCH3 is 1. The van der Waals surface area contributed by atoms with E-state index in [1.807, 2.05) is 18.3 Å². The highest BCUT2D eigenvalue weighted by Gasteiger charge is 2.08. The van der Waals surface area contributed by atoms with Gasteiger partial charge in [-0.2, -0.15) is 0 Å². The summed E-state index contributed by atoms with van der Waals surface area (Å²) >= 11 is 1.55. The monoisotopic (exact) mass is 224 g/mol. The van der Waals surface area contributed by atoms with Crippen molar-refractivity contribution in [2.24, 2.45) is 4.40 Å². The Balaban J connectivity index is 2.57. The summed E-state index contributed by atoms with van der Waals surface area (Å²) in [7, 11) is 1.60. The summed E-state index contributed by atoms with van der Waals surface area (Å²) in [6.45, 7) is 6.38. The zero-order chi connectivity index (χ0) is 11.3. The minimum Gasteiger partial charge on any atom is -0.481 e. The molecule has 1 aromatic rings. The molecule has 1 aromatic heterocycles. The van der Waals surface area contributed by atoms with Crippen molar-refractivity contribution in [1.29, 1.82) is 0 Å². The molecule has 0 aromatic carbocycles. The fourth-order valence-electron chi connectivity index (χ4n) is 0.834. The van der Waals surface area contributed by atoms with Crippen LogP contribution in [0, 0.1) is 0 Å². The smallest absolute Gasteiger partial charge is 0.212 e. The molecule has 0 aliphatic heterocycles. The van der Waals surface area contributed by atoms with E-state index >= 15 is 0 Å². The van der Waals surface area contributed by atoms with Gasteiger partial charge in [0.1, 0.15) is 0 Å². The second-order valence-electron chi connectivity index (χ2n) is 4.07. The third kappa shape index (κ3) is 4.83. The van der Waals surface area contributed by atoms with Gasteiger partial charge in [-0.1, -0.05) is 0 Å². The maximum Gasteiger partial charge on any atom is 0.212 e. The second-order valence-corrected chi connectivity index (χ2v) is 5.69. The van der Waals surface area contributed by atoms with Crippen LogP contribution in [0.5, 0.6) is 5.88 Å². The summed E-state index contributed by atoms with van der Waals surface area (Å²) in [5.41, 5.74) is 0.979. The number of ether oxygens (including phenoxy) is 1. The van der Waals surface area contributed by atoms with Gasteiger partial charge in [0.25, 0.3) is 0 Å². The third-order valence-corrected chi connectivity index (χ3v) is 2.26. The Morgan fingerprint density at radius 2 is 2.13 bits per heavy atom. The van der Waals surface area contributed by atoms with Crippen molar-refractivity contribution in [1.82, 2.24) is 4.98 Å². The van der Waals surface area contributed by atoms with E-state index in [2.05, 4.69) is 30.2 Å². The van der Waals surface area contributed by atoms with Crippen molar-refractivity contribution < 1.29 is 4.74 Å². The largest absolute Gasteiger partial charge is 0.481 e. The molecule has 0 unspecified atom stereocenters. The Bertz CT molecular complexity index is 327. The van der Waals surface area contributed by atoms with Gasteiger partial charge in [-0.05, 0) is 38.8 Å². The number of rotatable bonds is 3. The summed E-state index contributed by atoms with van der Waals surface area (Å²) in [6.07, 6.45) is 3.55. The number of hydrogen-bond acceptors (Lipinski definition) is 4. The lowest BCUT2D eigenvalue weighted by molar-refractivity contribution is 0.398. The van der Waals surface area contributed by atoms with E-state index in [4.69, 9.17) is 4.74 Å². The number of hydrogen-bond donors (Lipinski definition) is 0. The van der Waals surface area contributed by atoms with E-state index in [0.717, 1.165) is 5.56 Å². The van der Waals surface area contributed by atoms with E-state index in [1.54, 1.807) is 25.3 Å². The molecule has 15 heavy (non-hydrogen) atoms. The molecule has 82 valence electrons. The summed E-state index contributed by atoms with van der Waals surface area (Å²) in [5, 5.41) is 0. The van der Waals surface area contributed by atoms with Crippen LogP contribution in [0.3, 0.4) is 0 Å². The van der Waals surface area contributed by atoms with Crippen LogP contribution in [-0.4, -0.2) is 23.1 Å². The zero-order valence-corrected chi connectivity index (χ0v) is 10.3. The van der Waals surface area contributed by atoms with Crippen molar-refractivity contribution in [3.63, 3.8) is 0 Å². The molecule has 0 spiro atoms. The van der Waals surface area contributed by atoms with Crippen molar-refractivity contribution in [2.45, 2.75) is 25.5 Å². The maximum absolute atomic E-state index is 4.97. The third-order valence-electron chi connectivity index (χ3n) is 1.50. The SMILES string of the molecule is COc1ccc(C=NSC(C)(C)C)cn1. The molecule has 0 fully saturated rings. The Kier molecular flexibility index (Phi) is 4.15.